The van der Waals surface area contributed by atoms with Gasteiger partial charge in [-0.2, -0.15) is 0 Å². The molecule has 1 aliphatic rings. The van der Waals surface area contributed by atoms with Gasteiger partial charge in [0.1, 0.15) is 0 Å². The van der Waals surface area contributed by atoms with E-state index in [-0.39, 0.29) is 11.8 Å². The summed E-state index contributed by atoms with van der Waals surface area (Å²) >= 11 is 3.38. The highest BCUT2D eigenvalue weighted by Crippen LogP contribution is 2.24. The molecule has 0 radical (unpaired) electrons. The van der Waals surface area contributed by atoms with E-state index in [1.54, 1.807) is 12.4 Å². The first-order valence-corrected chi connectivity index (χ1v) is 7.46. The topological polar surface area (TPSA) is 42.0 Å². The molecule has 0 bridgehead atoms. The van der Waals surface area contributed by atoms with Gasteiger partial charge < -0.3 is 5.32 Å². The van der Waals surface area contributed by atoms with Crippen LogP contribution in [0.5, 0.6) is 0 Å². The van der Waals surface area contributed by atoms with Crippen molar-refractivity contribution < 1.29 is 4.79 Å². The van der Waals surface area contributed by atoms with Crippen LogP contribution >= 0.6 is 15.9 Å². The molecule has 0 amide bonds. The van der Waals surface area contributed by atoms with Gasteiger partial charge in [-0.15, -0.1) is 0 Å². The lowest BCUT2D eigenvalue weighted by Gasteiger charge is -2.25. The number of nitrogens with zero attached hydrogens (tertiary/aromatic N) is 1. The van der Waals surface area contributed by atoms with Gasteiger partial charge in [0.05, 0.1) is 6.04 Å². The number of ketones is 1. The van der Waals surface area contributed by atoms with Crippen LogP contribution in [0.3, 0.4) is 0 Å². The molecule has 1 aromatic heterocycles. The van der Waals surface area contributed by atoms with E-state index < -0.39 is 0 Å². The third-order valence-corrected chi connectivity index (χ3v) is 4.00. The normalized spacial score (nSPS) is 17.6. The molecular weight excluding hydrogens is 316 g/mol. The second kappa shape index (κ2) is 5.85. The van der Waals surface area contributed by atoms with Crippen molar-refractivity contribution in [1.82, 2.24) is 10.3 Å². The summed E-state index contributed by atoms with van der Waals surface area (Å²) in [6, 6.07) is 9.93. The van der Waals surface area contributed by atoms with E-state index in [9.17, 15) is 4.79 Å². The van der Waals surface area contributed by atoms with Crippen molar-refractivity contribution in [2.45, 2.75) is 18.9 Å². The van der Waals surface area contributed by atoms with Crippen LogP contribution in [-0.4, -0.2) is 17.3 Å². The van der Waals surface area contributed by atoms with Crippen LogP contribution in [0.25, 0.3) is 0 Å². The Morgan fingerprint density at radius 3 is 3.05 bits per heavy atom. The monoisotopic (exact) mass is 330 g/mol. The van der Waals surface area contributed by atoms with Crippen LogP contribution in [0.4, 0.5) is 0 Å². The van der Waals surface area contributed by atoms with E-state index in [1.165, 1.54) is 5.56 Å². The number of aromatic nitrogens is 1. The number of pyridine rings is 1. The third-order valence-electron chi connectivity index (χ3n) is 3.57. The Morgan fingerprint density at radius 1 is 1.35 bits per heavy atom. The van der Waals surface area contributed by atoms with Crippen molar-refractivity contribution in [3.63, 3.8) is 0 Å². The Labute approximate surface area is 126 Å². The molecule has 3 rings (SSSR count). The SMILES string of the molecule is O=C(Cc1cncc(Br)c1)C1NCCc2ccccc21. The molecule has 1 aromatic carbocycles. The molecule has 3 nitrogen and oxygen atoms in total. The molecule has 20 heavy (non-hydrogen) atoms. The van der Waals surface area contributed by atoms with Crippen LogP contribution in [0.2, 0.25) is 0 Å². The van der Waals surface area contributed by atoms with Gasteiger partial charge in [-0.1, -0.05) is 24.3 Å². The number of halogens is 1. The molecule has 0 saturated heterocycles. The molecule has 0 fully saturated rings. The maximum absolute atomic E-state index is 12.5. The van der Waals surface area contributed by atoms with Gasteiger partial charge in [0, 0.05) is 29.8 Å². The number of fused-ring (bicyclic) bond motifs is 1. The summed E-state index contributed by atoms with van der Waals surface area (Å²) < 4.78 is 0.903. The smallest absolute Gasteiger partial charge is 0.158 e. The average Bonchev–Trinajstić information content (AvgIpc) is 2.46. The van der Waals surface area contributed by atoms with Crippen molar-refractivity contribution in [2.24, 2.45) is 0 Å². The average molecular weight is 331 g/mol. The van der Waals surface area contributed by atoms with E-state index in [0.717, 1.165) is 28.6 Å². The van der Waals surface area contributed by atoms with Gasteiger partial charge in [-0.3, -0.25) is 9.78 Å². The predicted molar refractivity (Wildman–Crippen MR) is 81.5 cm³/mol. The molecule has 4 heteroatoms. The van der Waals surface area contributed by atoms with Crippen LogP contribution in [-0.2, 0) is 17.6 Å². The summed E-state index contributed by atoms with van der Waals surface area (Å²) in [5.74, 6) is 0.192. The minimum Gasteiger partial charge on any atom is -0.303 e. The fourth-order valence-electron chi connectivity index (χ4n) is 2.65. The van der Waals surface area contributed by atoms with Crippen LogP contribution in [0.1, 0.15) is 22.7 Å². The lowest BCUT2D eigenvalue weighted by atomic mass is 9.90. The number of hydrogen-bond donors (Lipinski definition) is 1. The fourth-order valence-corrected chi connectivity index (χ4v) is 3.06. The molecule has 1 N–H and O–H groups in total. The van der Waals surface area contributed by atoms with Gasteiger partial charge in [0.25, 0.3) is 0 Å². The molecule has 0 spiro atoms. The van der Waals surface area contributed by atoms with Crippen molar-refractivity contribution in [3.05, 3.63) is 63.9 Å². The number of nitrogens with one attached hydrogen (secondary N) is 1. The van der Waals surface area contributed by atoms with E-state index in [4.69, 9.17) is 0 Å². The summed E-state index contributed by atoms with van der Waals surface area (Å²) in [7, 11) is 0. The Bertz CT molecular complexity index is 642. The lowest BCUT2D eigenvalue weighted by Crippen LogP contribution is -2.35. The summed E-state index contributed by atoms with van der Waals surface area (Å²) in [5, 5.41) is 3.33. The highest BCUT2D eigenvalue weighted by molar-refractivity contribution is 9.10. The van der Waals surface area contributed by atoms with Crippen LogP contribution in [0.15, 0.2) is 47.2 Å². The molecule has 2 heterocycles. The van der Waals surface area contributed by atoms with Crippen LogP contribution < -0.4 is 5.32 Å². The molecule has 102 valence electrons. The summed E-state index contributed by atoms with van der Waals surface area (Å²) in [6.45, 7) is 0.851. The Morgan fingerprint density at radius 2 is 2.20 bits per heavy atom. The number of carbonyl (C=O) groups excluding carboxylic acids is 1. The lowest BCUT2D eigenvalue weighted by molar-refractivity contribution is -0.120. The molecule has 0 aliphatic carbocycles. The van der Waals surface area contributed by atoms with Crippen molar-refractivity contribution in [2.75, 3.05) is 6.54 Å². The number of carbonyl (C=O) groups is 1. The van der Waals surface area contributed by atoms with Gasteiger partial charge in [0.15, 0.2) is 5.78 Å². The van der Waals surface area contributed by atoms with E-state index in [0.29, 0.717) is 6.42 Å². The fraction of sp³-hybridized carbons (Fsp3) is 0.250. The zero-order chi connectivity index (χ0) is 13.9. The minimum absolute atomic E-state index is 0.192. The maximum atomic E-state index is 12.5. The first-order chi connectivity index (χ1) is 9.74. The third kappa shape index (κ3) is 2.81. The summed E-state index contributed by atoms with van der Waals surface area (Å²) in [4.78, 5) is 16.6. The highest BCUT2D eigenvalue weighted by atomic mass is 79.9. The zero-order valence-corrected chi connectivity index (χ0v) is 12.6. The Kier molecular flexibility index (Phi) is 3.94. The highest BCUT2D eigenvalue weighted by Gasteiger charge is 2.25. The van der Waals surface area contributed by atoms with Gasteiger partial charge >= 0.3 is 0 Å². The molecular formula is C16H15BrN2O. The van der Waals surface area contributed by atoms with Crippen molar-refractivity contribution in [1.29, 1.82) is 0 Å². The minimum atomic E-state index is -0.195. The number of benzene rings is 1. The quantitative estimate of drug-likeness (QED) is 0.940. The predicted octanol–water partition coefficient (Wildman–Crippen LogP) is 2.84. The van der Waals surface area contributed by atoms with E-state index >= 15 is 0 Å². The second-order valence-corrected chi connectivity index (χ2v) is 5.91. The number of Topliss-reactive ketones (excluding diaryl/α,β-unsaturated/α-hetero) is 1. The molecule has 1 unspecified atom stereocenters. The van der Waals surface area contributed by atoms with Gasteiger partial charge in [-0.25, -0.2) is 0 Å². The van der Waals surface area contributed by atoms with E-state index in [1.807, 2.05) is 24.3 Å². The summed E-state index contributed by atoms with van der Waals surface area (Å²) in [6.07, 6.45) is 4.86. The number of rotatable bonds is 3. The molecule has 0 saturated carbocycles. The second-order valence-electron chi connectivity index (χ2n) is 4.99. The zero-order valence-electron chi connectivity index (χ0n) is 11.0. The van der Waals surface area contributed by atoms with E-state index in [2.05, 4.69) is 32.3 Å². The molecule has 1 aliphatic heterocycles. The van der Waals surface area contributed by atoms with Gasteiger partial charge in [-0.05, 0) is 45.1 Å². The van der Waals surface area contributed by atoms with Crippen molar-refractivity contribution >= 4 is 21.7 Å². The molecule has 2 aromatic rings. The maximum Gasteiger partial charge on any atom is 0.158 e. The Hall–Kier alpha value is -1.52. The standard InChI is InChI=1S/C16H15BrN2O/c17-13-7-11(9-18-10-13)8-15(20)16-14-4-2-1-3-12(14)5-6-19-16/h1-4,7,9-10,16,19H,5-6,8H2. The first-order valence-electron chi connectivity index (χ1n) is 6.67. The van der Waals surface area contributed by atoms with Crippen LogP contribution in [0, 0.1) is 0 Å². The first kappa shape index (κ1) is 13.5. The molecule has 1 atom stereocenters. The summed E-state index contributed by atoms with van der Waals surface area (Å²) in [5.41, 5.74) is 3.33. The number of hydrogen-bond acceptors (Lipinski definition) is 3. The Balaban J connectivity index is 1.82. The largest absolute Gasteiger partial charge is 0.303 e. The van der Waals surface area contributed by atoms with Crippen molar-refractivity contribution in [3.8, 4) is 0 Å². The van der Waals surface area contributed by atoms with Gasteiger partial charge in [0.2, 0.25) is 0 Å².